The van der Waals surface area contributed by atoms with Crippen LogP contribution in [0, 0.1) is 0 Å². The molecule has 0 amide bonds. The fourth-order valence-corrected chi connectivity index (χ4v) is 3.00. The zero-order chi connectivity index (χ0) is 12.6. The van der Waals surface area contributed by atoms with Crippen LogP contribution in [0.15, 0.2) is 23.1 Å². The molecule has 2 rings (SSSR count). The van der Waals surface area contributed by atoms with Crippen LogP contribution in [0.3, 0.4) is 0 Å². The minimum Gasteiger partial charge on any atom is -0.495 e. The van der Waals surface area contributed by atoms with Crippen LogP contribution < -0.4 is 10.5 Å². The molecule has 1 aromatic carbocycles. The summed E-state index contributed by atoms with van der Waals surface area (Å²) in [5.41, 5.74) is 6.86. The fourth-order valence-electron chi connectivity index (χ4n) is 2.18. The number of ether oxygens (including phenoxy) is 1. The van der Waals surface area contributed by atoms with Gasteiger partial charge in [-0.2, -0.15) is 0 Å². The first-order valence-electron chi connectivity index (χ1n) is 5.55. The van der Waals surface area contributed by atoms with Crippen molar-refractivity contribution in [1.82, 2.24) is 0 Å². The van der Waals surface area contributed by atoms with Crippen LogP contribution in [0.2, 0.25) is 0 Å². The molecule has 0 aromatic heterocycles. The normalized spacial score (nSPS) is 24.2. The second-order valence-corrected chi connectivity index (χ2v) is 6.60. The van der Waals surface area contributed by atoms with Crippen molar-refractivity contribution in [3.8, 4) is 5.75 Å². The van der Waals surface area contributed by atoms with Crippen LogP contribution in [-0.4, -0.2) is 27.8 Å². The molecule has 4 nitrogen and oxygen atoms in total. The molecular weight excluding hydrogens is 238 g/mol. The maximum absolute atomic E-state index is 11.5. The summed E-state index contributed by atoms with van der Waals surface area (Å²) < 4.78 is 28.2. The summed E-state index contributed by atoms with van der Waals surface area (Å²) in [7, 11) is -1.75. The molecule has 1 saturated carbocycles. The Hall–Kier alpha value is -1.07. The van der Waals surface area contributed by atoms with Crippen molar-refractivity contribution in [2.24, 2.45) is 5.73 Å². The average molecular weight is 255 g/mol. The number of hydrogen-bond acceptors (Lipinski definition) is 4. The lowest BCUT2D eigenvalue weighted by atomic mass is 9.76. The lowest BCUT2D eigenvalue weighted by Gasteiger charge is -2.33. The van der Waals surface area contributed by atoms with Crippen molar-refractivity contribution in [3.05, 3.63) is 23.8 Å². The minimum atomic E-state index is -3.24. The van der Waals surface area contributed by atoms with Crippen LogP contribution in [0.1, 0.15) is 24.3 Å². The zero-order valence-corrected chi connectivity index (χ0v) is 10.8. The topological polar surface area (TPSA) is 69.4 Å². The maximum Gasteiger partial charge on any atom is 0.179 e. The van der Waals surface area contributed by atoms with Crippen LogP contribution in [-0.2, 0) is 9.84 Å². The first-order valence-corrected chi connectivity index (χ1v) is 7.44. The number of hydrogen-bond donors (Lipinski definition) is 1. The average Bonchev–Trinajstić information content (AvgIpc) is 2.22. The van der Waals surface area contributed by atoms with Gasteiger partial charge in [-0.1, -0.05) is 6.07 Å². The summed E-state index contributed by atoms with van der Waals surface area (Å²) in [5, 5.41) is 0. The molecule has 5 heteroatoms. The largest absolute Gasteiger partial charge is 0.495 e. The Labute approximate surface area is 102 Å². The molecule has 0 bridgehead atoms. The van der Waals surface area contributed by atoms with E-state index in [-0.39, 0.29) is 10.9 Å². The van der Waals surface area contributed by atoms with Gasteiger partial charge in [0.2, 0.25) is 0 Å². The van der Waals surface area contributed by atoms with E-state index in [1.165, 1.54) is 13.4 Å². The minimum absolute atomic E-state index is 0.243. The van der Waals surface area contributed by atoms with Crippen LogP contribution in [0.5, 0.6) is 5.75 Å². The summed E-state index contributed by atoms with van der Waals surface area (Å²) in [6.45, 7) is 0. The molecule has 17 heavy (non-hydrogen) atoms. The molecule has 0 heterocycles. The molecule has 94 valence electrons. The summed E-state index contributed by atoms with van der Waals surface area (Å²) in [6.07, 6.45) is 3.10. The number of benzene rings is 1. The summed E-state index contributed by atoms with van der Waals surface area (Å²) in [5.74, 6) is 0.859. The summed E-state index contributed by atoms with van der Waals surface area (Å²) >= 11 is 0. The Kier molecular flexibility index (Phi) is 3.14. The molecule has 0 saturated heterocycles. The van der Waals surface area contributed by atoms with Crippen molar-refractivity contribution >= 4 is 9.84 Å². The summed E-state index contributed by atoms with van der Waals surface area (Å²) in [4.78, 5) is 0.243. The van der Waals surface area contributed by atoms with Crippen molar-refractivity contribution < 1.29 is 13.2 Å². The lowest BCUT2D eigenvalue weighted by Crippen LogP contribution is -2.34. The Morgan fingerprint density at radius 2 is 2.00 bits per heavy atom. The summed E-state index contributed by atoms with van der Waals surface area (Å²) in [6, 6.07) is 5.57. The lowest BCUT2D eigenvalue weighted by molar-refractivity contribution is 0.348. The van der Waals surface area contributed by atoms with Gasteiger partial charge >= 0.3 is 0 Å². The van der Waals surface area contributed by atoms with Gasteiger partial charge in [0.1, 0.15) is 10.6 Å². The molecule has 0 radical (unpaired) electrons. The highest BCUT2D eigenvalue weighted by atomic mass is 32.2. The van der Waals surface area contributed by atoms with Crippen LogP contribution in [0.4, 0.5) is 0 Å². The fraction of sp³-hybridized carbons (Fsp3) is 0.500. The van der Waals surface area contributed by atoms with Gasteiger partial charge in [0, 0.05) is 12.3 Å². The first-order chi connectivity index (χ1) is 7.91. The number of rotatable bonds is 3. The SMILES string of the molecule is COc1cc(C2CC(N)C2)ccc1S(C)(=O)=O. The monoisotopic (exact) mass is 255 g/mol. The van der Waals surface area contributed by atoms with Crippen molar-refractivity contribution in [1.29, 1.82) is 0 Å². The van der Waals surface area contributed by atoms with Crippen LogP contribution >= 0.6 is 0 Å². The predicted octanol–water partition coefficient (Wildman–Crippen LogP) is 1.30. The van der Waals surface area contributed by atoms with E-state index in [1.54, 1.807) is 6.07 Å². The third-order valence-electron chi connectivity index (χ3n) is 3.23. The van der Waals surface area contributed by atoms with E-state index < -0.39 is 9.84 Å². The Morgan fingerprint density at radius 3 is 2.47 bits per heavy atom. The number of methoxy groups -OCH3 is 1. The molecule has 1 aliphatic rings. The van der Waals surface area contributed by atoms with Crippen molar-refractivity contribution in [2.75, 3.05) is 13.4 Å². The molecule has 0 spiro atoms. The zero-order valence-electron chi connectivity index (χ0n) is 10.0. The molecule has 0 atom stereocenters. The van der Waals surface area contributed by atoms with Gasteiger partial charge in [-0.25, -0.2) is 8.42 Å². The number of nitrogens with two attached hydrogens (primary N) is 1. The highest BCUT2D eigenvalue weighted by Gasteiger charge is 2.28. The molecular formula is C12H17NO3S. The maximum atomic E-state index is 11.5. The molecule has 0 unspecified atom stereocenters. The third kappa shape index (κ3) is 2.45. The molecule has 1 aromatic rings. The second-order valence-electron chi connectivity index (χ2n) is 4.61. The van der Waals surface area contributed by atoms with Crippen LogP contribution in [0.25, 0.3) is 0 Å². The quantitative estimate of drug-likeness (QED) is 0.884. The van der Waals surface area contributed by atoms with E-state index in [1.807, 2.05) is 12.1 Å². The highest BCUT2D eigenvalue weighted by Crippen LogP contribution is 2.38. The van der Waals surface area contributed by atoms with Gasteiger partial charge in [-0.3, -0.25) is 0 Å². The molecule has 1 fully saturated rings. The van der Waals surface area contributed by atoms with Crippen molar-refractivity contribution in [3.63, 3.8) is 0 Å². The van der Waals surface area contributed by atoms with E-state index in [0.717, 1.165) is 18.4 Å². The molecule has 0 aliphatic heterocycles. The molecule has 1 aliphatic carbocycles. The second kappa shape index (κ2) is 4.31. The highest BCUT2D eigenvalue weighted by molar-refractivity contribution is 7.90. The van der Waals surface area contributed by atoms with Gasteiger partial charge in [0.25, 0.3) is 0 Å². The van der Waals surface area contributed by atoms with Gasteiger partial charge in [0.05, 0.1) is 7.11 Å². The predicted molar refractivity (Wildman–Crippen MR) is 66.1 cm³/mol. The Bertz CT molecular complexity index is 519. The van der Waals surface area contributed by atoms with Gasteiger partial charge in [-0.15, -0.1) is 0 Å². The molecule has 2 N–H and O–H groups in total. The van der Waals surface area contributed by atoms with E-state index in [0.29, 0.717) is 11.7 Å². The van der Waals surface area contributed by atoms with E-state index in [2.05, 4.69) is 0 Å². The standard InChI is InChI=1S/C12H17NO3S/c1-16-11-7-8(9-5-10(13)6-9)3-4-12(11)17(2,14)15/h3-4,7,9-10H,5-6,13H2,1-2H3. The first kappa shape index (κ1) is 12.4. The smallest absolute Gasteiger partial charge is 0.179 e. The van der Waals surface area contributed by atoms with Crippen molar-refractivity contribution in [2.45, 2.75) is 29.7 Å². The van der Waals surface area contributed by atoms with E-state index in [4.69, 9.17) is 10.5 Å². The Balaban J connectivity index is 2.35. The Morgan fingerprint density at radius 1 is 1.35 bits per heavy atom. The number of sulfone groups is 1. The van der Waals surface area contributed by atoms with E-state index in [9.17, 15) is 8.42 Å². The van der Waals surface area contributed by atoms with Gasteiger partial charge in [-0.05, 0) is 36.5 Å². The van der Waals surface area contributed by atoms with E-state index >= 15 is 0 Å². The van der Waals surface area contributed by atoms with Gasteiger partial charge < -0.3 is 10.5 Å². The third-order valence-corrected chi connectivity index (χ3v) is 4.37. The van der Waals surface area contributed by atoms with Gasteiger partial charge in [0.15, 0.2) is 9.84 Å².